The number of hydrogen-bond acceptors (Lipinski definition) is 7. The molecular formula is C25H23FN4O5. The minimum absolute atomic E-state index is 0.0938. The highest BCUT2D eigenvalue weighted by Gasteiger charge is 2.33. The standard InChI is InChI=1S/C25H23FN4O5/c26-17-12-16(13-18(14-17)30-21(31)9-10-22(30)32)24-27-25(35-28-24)20-8-4-5-11-29(20)23(33)15-34-19-6-2-1-3-7-19/h1-3,6-7,12-14,20H,4-5,8-11,15H2/t20-/m1/s1. The van der Waals surface area contributed by atoms with Crippen molar-refractivity contribution in [3.63, 3.8) is 0 Å². The number of ether oxygens (including phenoxy) is 1. The van der Waals surface area contributed by atoms with Gasteiger partial charge in [-0.05, 0) is 49.6 Å². The molecule has 0 saturated carbocycles. The first-order valence-corrected chi connectivity index (χ1v) is 11.5. The summed E-state index contributed by atoms with van der Waals surface area (Å²) < 4.78 is 25.5. The molecule has 180 valence electrons. The van der Waals surface area contributed by atoms with Gasteiger partial charge >= 0.3 is 0 Å². The van der Waals surface area contributed by atoms with E-state index in [-0.39, 0.29) is 60.1 Å². The summed E-state index contributed by atoms with van der Waals surface area (Å²) in [7, 11) is 0. The summed E-state index contributed by atoms with van der Waals surface area (Å²) >= 11 is 0. The van der Waals surface area contributed by atoms with E-state index in [0.29, 0.717) is 18.7 Å². The summed E-state index contributed by atoms with van der Waals surface area (Å²) in [5.74, 6) is -0.637. The number of nitrogens with zero attached hydrogens (tertiary/aromatic N) is 4. The molecule has 3 heterocycles. The molecule has 0 bridgehead atoms. The van der Waals surface area contributed by atoms with Crippen LogP contribution in [0.25, 0.3) is 11.4 Å². The largest absolute Gasteiger partial charge is 0.484 e. The van der Waals surface area contributed by atoms with Gasteiger partial charge in [0.2, 0.25) is 23.5 Å². The van der Waals surface area contributed by atoms with Gasteiger partial charge in [0.1, 0.15) is 17.6 Å². The van der Waals surface area contributed by atoms with Gasteiger partial charge in [-0.2, -0.15) is 4.98 Å². The maximum Gasteiger partial charge on any atom is 0.261 e. The summed E-state index contributed by atoms with van der Waals surface area (Å²) in [5.41, 5.74) is 0.398. The Morgan fingerprint density at radius 1 is 1.09 bits per heavy atom. The van der Waals surface area contributed by atoms with Crippen LogP contribution in [0.15, 0.2) is 53.1 Å². The Kier molecular flexibility index (Phi) is 6.26. The van der Waals surface area contributed by atoms with E-state index in [2.05, 4.69) is 10.1 Å². The van der Waals surface area contributed by atoms with E-state index in [0.717, 1.165) is 23.8 Å². The summed E-state index contributed by atoms with van der Waals surface area (Å²) in [5, 5.41) is 3.99. The smallest absolute Gasteiger partial charge is 0.261 e. The Morgan fingerprint density at radius 2 is 1.86 bits per heavy atom. The predicted octanol–water partition coefficient (Wildman–Crippen LogP) is 3.66. The quantitative estimate of drug-likeness (QED) is 0.498. The van der Waals surface area contributed by atoms with Crippen molar-refractivity contribution in [3.8, 4) is 17.1 Å². The highest BCUT2D eigenvalue weighted by atomic mass is 19.1. The van der Waals surface area contributed by atoms with Crippen molar-refractivity contribution in [3.05, 3.63) is 60.2 Å². The number of carbonyl (C=O) groups excluding carboxylic acids is 3. The van der Waals surface area contributed by atoms with Gasteiger partial charge in [-0.3, -0.25) is 19.3 Å². The third-order valence-electron chi connectivity index (χ3n) is 6.11. The molecule has 0 N–H and O–H groups in total. The Bertz CT molecular complexity index is 1250. The van der Waals surface area contributed by atoms with Crippen molar-refractivity contribution in [1.29, 1.82) is 0 Å². The zero-order chi connectivity index (χ0) is 24.4. The van der Waals surface area contributed by atoms with Gasteiger partial charge in [0.15, 0.2) is 6.61 Å². The molecular weight excluding hydrogens is 455 g/mol. The summed E-state index contributed by atoms with van der Waals surface area (Å²) in [4.78, 5) is 44.2. The molecule has 0 radical (unpaired) electrons. The molecule has 10 heteroatoms. The number of anilines is 1. The normalized spacial score (nSPS) is 18.3. The minimum Gasteiger partial charge on any atom is -0.484 e. The number of imide groups is 1. The number of para-hydroxylation sites is 1. The molecule has 1 atom stereocenters. The second kappa shape index (κ2) is 9.65. The van der Waals surface area contributed by atoms with E-state index in [1.807, 2.05) is 18.2 Å². The fourth-order valence-corrected chi connectivity index (χ4v) is 4.42. The summed E-state index contributed by atoms with van der Waals surface area (Å²) in [6.07, 6.45) is 2.56. The van der Waals surface area contributed by atoms with E-state index >= 15 is 0 Å². The molecule has 2 saturated heterocycles. The Labute approximate surface area is 200 Å². The van der Waals surface area contributed by atoms with Crippen LogP contribution in [0.3, 0.4) is 0 Å². The number of amides is 3. The van der Waals surface area contributed by atoms with Crippen molar-refractivity contribution in [1.82, 2.24) is 15.0 Å². The van der Waals surface area contributed by atoms with Crippen LogP contribution in [-0.2, 0) is 14.4 Å². The molecule has 9 nitrogen and oxygen atoms in total. The van der Waals surface area contributed by atoms with Gasteiger partial charge in [-0.25, -0.2) is 4.39 Å². The highest BCUT2D eigenvalue weighted by Crippen LogP contribution is 2.33. The van der Waals surface area contributed by atoms with Crippen LogP contribution >= 0.6 is 0 Å². The monoisotopic (exact) mass is 478 g/mol. The molecule has 2 aliphatic rings. The Hall–Kier alpha value is -4.08. The van der Waals surface area contributed by atoms with Crippen LogP contribution < -0.4 is 9.64 Å². The molecule has 0 unspecified atom stereocenters. The van der Waals surface area contributed by atoms with Crippen molar-refractivity contribution in [2.75, 3.05) is 18.1 Å². The van der Waals surface area contributed by atoms with Crippen molar-refractivity contribution < 1.29 is 28.0 Å². The molecule has 2 aromatic carbocycles. The number of piperidine rings is 1. The SMILES string of the molecule is O=C1CCC(=O)N1c1cc(F)cc(-c2noc([C@H]3CCCCN3C(=O)COc3ccccc3)n2)c1. The summed E-state index contributed by atoms with van der Waals surface area (Å²) in [6, 6.07) is 12.5. The van der Waals surface area contributed by atoms with E-state index in [1.165, 1.54) is 12.1 Å². The van der Waals surface area contributed by atoms with Crippen molar-refractivity contribution >= 4 is 23.4 Å². The van der Waals surface area contributed by atoms with Crippen molar-refractivity contribution in [2.45, 2.75) is 38.1 Å². The second-order valence-electron chi connectivity index (χ2n) is 8.48. The maximum absolute atomic E-state index is 14.4. The molecule has 0 spiro atoms. The number of carbonyl (C=O) groups is 3. The van der Waals surface area contributed by atoms with E-state index in [9.17, 15) is 18.8 Å². The number of likely N-dealkylation sites (tertiary alicyclic amines) is 1. The van der Waals surface area contributed by atoms with Crippen LogP contribution in [0, 0.1) is 5.82 Å². The van der Waals surface area contributed by atoms with Gasteiger partial charge in [0.05, 0.1) is 5.69 Å². The van der Waals surface area contributed by atoms with E-state index in [1.54, 1.807) is 17.0 Å². The number of halogens is 1. The van der Waals surface area contributed by atoms with Crippen LogP contribution in [0.4, 0.5) is 10.1 Å². The van der Waals surface area contributed by atoms with E-state index < -0.39 is 11.9 Å². The average molecular weight is 478 g/mol. The first-order valence-electron chi connectivity index (χ1n) is 11.5. The van der Waals surface area contributed by atoms with Gasteiger partial charge in [0.25, 0.3) is 5.91 Å². The van der Waals surface area contributed by atoms with Crippen LogP contribution in [0.5, 0.6) is 5.75 Å². The zero-order valence-corrected chi connectivity index (χ0v) is 18.9. The average Bonchev–Trinajstić information content (AvgIpc) is 3.49. The lowest BCUT2D eigenvalue weighted by molar-refractivity contribution is -0.138. The molecule has 2 fully saturated rings. The van der Waals surface area contributed by atoms with Gasteiger partial charge in [0, 0.05) is 24.9 Å². The minimum atomic E-state index is -0.635. The first kappa shape index (κ1) is 22.7. The fraction of sp³-hybridized carbons (Fsp3) is 0.320. The molecule has 5 rings (SSSR count). The Morgan fingerprint density at radius 3 is 2.63 bits per heavy atom. The molecule has 3 aromatic rings. The number of aromatic nitrogens is 2. The lowest BCUT2D eigenvalue weighted by Crippen LogP contribution is -2.41. The van der Waals surface area contributed by atoms with Crippen molar-refractivity contribution in [2.24, 2.45) is 0 Å². The Balaban J connectivity index is 1.35. The predicted molar refractivity (Wildman–Crippen MR) is 122 cm³/mol. The number of hydrogen-bond donors (Lipinski definition) is 0. The molecule has 1 aromatic heterocycles. The molecule has 35 heavy (non-hydrogen) atoms. The second-order valence-corrected chi connectivity index (χ2v) is 8.48. The summed E-state index contributed by atoms with van der Waals surface area (Å²) in [6.45, 7) is 0.412. The van der Waals surface area contributed by atoms with Crippen LogP contribution in [0.1, 0.15) is 44.0 Å². The van der Waals surface area contributed by atoms with Gasteiger partial charge in [-0.15, -0.1) is 0 Å². The lowest BCUT2D eigenvalue weighted by Gasteiger charge is -2.33. The highest BCUT2D eigenvalue weighted by molar-refractivity contribution is 6.20. The van der Waals surface area contributed by atoms with Gasteiger partial charge < -0.3 is 14.2 Å². The third-order valence-corrected chi connectivity index (χ3v) is 6.11. The number of benzene rings is 2. The molecule has 2 aliphatic heterocycles. The van der Waals surface area contributed by atoms with Crippen LogP contribution in [-0.4, -0.2) is 45.9 Å². The van der Waals surface area contributed by atoms with E-state index in [4.69, 9.17) is 9.26 Å². The van der Waals surface area contributed by atoms with Crippen LogP contribution in [0.2, 0.25) is 0 Å². The lowest BCUT2D eigenvalue weighted by atomic mass is 10.0. The zero-order valence-electron chi connectivity index (χ0n) is 18.9. The topological polar surface area (TPSA) is 106 Å². The van der Waals surface area contributed by atoms with Gasteiger partial charge in [-0.1, -0.05) is 23.4 Å². The molecule has 0 aliphatic carbocycles. The third kappa shape index (κ3) is 4.77. The molecule has 3 amide bonds. The number of rotatable bonds is 6. The fourth-order valence-electron chi connectivity index (χ4n) is 4.42. The first-order chi connectivity index (χ1) is 17.0. The maximum atomic E-state index is 14.4.